The molecule has 0 heterocycles. The maximum atomic E-state index is 10.0. The molecule has 0 aliphatic carbocycles. The van der Waals surface area contributed by atoms with Crippen LogP contribution in [0.5, 0.6) is 5.75 Å². The predicted molar refractivity (Wildman–Crippen MR) is 78.6 cm³/mol. The summed E-state index contributed by atoms with van der Waals surface area (Å²) in [6, 6.07) is 11.9. The quantitative estimate of drug-likeness (QED) is 0.840. The number of fused-ring (bicyclic) bond motifs is 1. The fourth-order valence-corrected chi connectivity index (χ4v) is 1.76. The lowest BCUT2D eigenvalue weighted by molar-refractivity contribution is 0.105. The lowest BCUT2D eigenvalue weighted by atomic mass is 10.1. The van der Waals surface area contributed by atoms with Gasteiger partial charge in [0, 0.05) is 19.3 Å². The summed E-state index contributed by atoms with van der Waals surface area (Å²) in [5, 5.41) is 14.5. The number of nitrogens with one attached hydrogen (secondary N) is 1. The minimum absolute atomic E-state index is 0.0751. The Morgan fingerprint density at radius 3 is 2.79 bits per heavy atom. The van der Waals surface area contributed by atoms with E-state index in [-0.39, 0.29) is 6.54 Å². The first-order chi connectivity index (χ1) is 10.2. The highest BCUT2D eigenvalue weighted by molar-refractivity contribution is 5.88. The van der Waals surface area contributed by atoms with Gasteiger partial charge in [-0.05, 0) is 11.5 Å². The van der Waals surface area contributed by atoms with E-state index in [1.54, 1.807) is 26.0 Å². The fraction of sp³-hybridized carbons (Fsp3) is 0.375. The predicted octanol–water partition coefficient (Wildman–Crippen LogP) is 2.58. The lowest BCUT2D eigenvalue weighted by Crippen LogP contribution is -2.35. The van der Waals surface area contributed by atoms with Gasteiger partial charge < -0.3 is 15.2 Å². The molecule has 102 valence electrons. The molecule has 0 saturated heterocycles. The molecule has 0 fully saturated rings. The third-order valence-corrected chi connectivity index (χ3v) is 2.70. The Morgan fingerprint density at radius 2 is 2.00 bits per heavy atom. The molecule has 3 heteroatoms. The molecule has 0 saturated carbocycles. The van der Waals surface area contributed by atoms with Gasteiger partial charge in [-0.15, -0.1) is 0 Å². The standard InChI is InChI=1S/C16H21NO2/c1-12(2)17-10-14(18)11-19-16-9-5-7-13-6-3-4-8-15(13)16/h3-9,12,14,17-18H,10-11H2,1-2H3/i11D2,12D. The zero-order chi connectivity index (χ0) is 16.4. The van der Waals surface area contributed by atoms with Gasteiger partial charge in [0.05, 0.1) is 2.74 Å². The molecule has 0 radical (unpaired) electrons. The van der Waals surface area contributed by atoms with E-state index in [0.29, 0.717) is 5.75 Å². The van der Waals surface area contributed by atoms with Gasteiger partial charge >= 0.3 is 0 Å². The molecular weight excluding hydrogens is 238 g/mol. The topological polar surface area (TPSA) is 41.5 Å². The minimum atomic E-state index is -2.26. The van der Waals surface area contributed by atoms with E-state index < -0.39 is 18.7 Å². The van der Waals surface area contributed by atoms with Crippen molar-refractivity contribution in [2.75, 3.05) is 13.1 Å². The van der Waals surface area contributed by atoms with Gasteiger partial charge in [0.15, 0.2) is 0 Å². The zero-order valence-electron chi connectivity index (χ0n) is 14.2. The maximum absolute atomic E-state index is 10.0. The Bertz CT molecular complexity index is 635. The van der Waals surface area contributed by atoms with Crippen LogP contribution in [0.1, 0.15) is 18.0 Å². The van der Waals surface area contributed by atoms with Crippen molar-refractivity contribution in [1.29, 1.82) is 0 Å². The van der Waals surface area contributed by atoms with Crippen LogP contribution in [-0.4, -0.2) is 30.3 Å². The molecule has 0 aromatic heterocycles. The zero-order valence-corrected chi connectivity index (χ0v) is 11.2. The van der Waals surface area contributed by atoms with Crippen molar-refractivity contribution < 1.29 is 14.0 Å². The average Bonchev–Trinajstić information content (AvgIpc) is 2.44. The number of hydrogen-bond acceptors (Lipinski definition) is 3. The van der Waals surface area contributed by atoms with E-state index in [0.717, 1.165) is 10.8 Å². The second-order valence-corrected chi connectivity index (χ2v) is 4.59. The molecule has 2 aromatic rings. The highest BCUT2D eigenvalue weighted by Gasteiger charge is 2.07. The van der Waals surface area contributed by atoms with Crippen LogP contribution in [-0.2, 0) is 0 Å². The number of aliphatic hydroxyl groups excluding tert-OH is 1. The van der Waals surface area contributed by atoms with E-state index in [9.17, 15) is 5.11 Å². The van der Waals surface area contributed by atoms with Crippen molar-refractivity contribution in [2.45, 2.75) is 26.0 Å². The van der Waals surface area contributed by atoms with Crippen LogP contribution in [0.3, 0.4) is 0 Å². The SMILES string of the molecule is [2H]C(C)(C)NCC(O)C([2H])([2H])Oc1cccc2ccccc12. The third kappa shape index (κ3) is 3.94. The second-order valence-electron chi connectivity index (χ2n) is 4.59. The molecule has 1 unspecified atom stereocenters. The number of ether oxygens (including phenoxy) is 1. The number of rotatable bonds is 6. The summed E-state index contributed by atoms with van der Waals surface area (Å²) < 4.78 is 29.0. The van der Waals surface area contributed by atoms with Crippen molar-refractivity contribution in [2.24, 2.45) is 0 Å². The monoisotopic (exact) mass is 262 g/mol. The normalized spacial score (nSPS) is 16.5. The largest absolute Gasteiger partial charge is 0.490 e. The molecule has 0 aliphatic heterocycles. The molecule has 2 aromatic carbocycles. The highest BCUT2D eigenvalue weighted by Crippen LogP contribution is 2.25. The molecule has 0 bridgehead atoms. The van der Waals surface area contributed by atoms with E-state index in [1.807, 2.05) is 30.3 Å². The van der Waals surface area contributed by atoms with Gasteiger partial charge in [-0.25, -0.2) is 0 Å². The van der Waals surface area contributed by atoms with Crippen molar-refractivity contribution in [3.05, 3.63) is 42.5 Å². The Balaban J connectivity index is 2.16. The van der Waals surface area contributed by atoms with Gasteiger partial charge in [0.2, 0.25) is 0 Å². The Morgan fingerprint density at radius 1 is 1.26 bits per heavy atom. The number of benzene rings is 2. The van der Waals surface area contributed by atoms with Gasteiger partial charge in [-0.1, -0.05) is 50.2 Å². The average molecular weight is 262 g/mol. The molecule has 2 N–H and O–H groups in total. The van der Waals surface area contributed by atoms with Crippen LogP contribution in [0, 0.1) is 0 Å². The van der Waals surface area contributed by atoms with Crippen molar-refractivity contribution in [1.82, 2.24) is 5.32 Å². The van der Waals surface area contributed by atoms with Crippen molar-refractivity contribution >= 4 is 10.8 Å². The third-order valence-electron chi connectivity index (χ3n) is 2.70. The summed E-state index contributed by atoms with van der Waals surface area (Å²) in [6.07, 6.45) is -1.39. The first-order valence-corrected chi connectivity index (χ1v) is 6.29. The Labute approximate surface area is 118 Å². The van der Waals surface area contributed by atoms with Gasteiger partial charge in [-0.2, -0.15) is 0 Å². The van der Waals surface area contributed by atoms with Crippen LogP contribution >= 0.6 is 0 Å². The van der Waals surface area contributed by atoms with Crippen LogP contribution in [0.15, 0.2) is 42.5 Å². The number of hydrogen-bond donors (Lipinski definition) is 2. The molecule has 2 rings (SSSR count). The summed E-state index contributed by atoms with van der Waals surface area (Å²) in [4.78, 5) is 0. The summed E-state index contributed by atoms with van der Waals surface area (Å²) >= 11 is 0. The first-order valence-electron chi connectivity index (χ1n) is 7.79. The lowest BCUT2D eigenvalue weighted by Gasteiger charge is -2.15. The van der Waals surface area contributed by atoms with E-state index in [4.69, 9.17) is 8.85 Å². The minimum Gasteiger partial charge on any atom is -0.490 e. The number of aliphatic hydroxyl groups is 1. The fourth-order valence-electron chi connectivity index (χ4n) is 1.76. The van der Waals surface area contributed by atoms with Gasteiger partial charge in [-0.3, -0.25) is 0 Å². The van der Waals surface area contributed by atoms with Crippen LogP contribution in [0.4, 0.5) is 0 Å². The molecule has 3 nitrogen and oxygen atoms in total. The molecule has 1 atom stereocenters. The molecule has 0 spiro atoms. The molecule has 0 aliphatic rings. The highest BCUT2D eigenvalue weighted by atomic mass is 16.5. The van der Waals surface area contributed by atoms with Crippen LogP contribution < -0.4 is 10.1 Å². The smallest absolute Gasteiger partial charge is 0.127 e. The molecule has 0 amide bonds. The first kappa shape index (κ1) is 10.2. The van der Waals surface area contributed by atoms with E-state index >= 15 is 0 Å². The van der Waals surface area contributed by atoms with Crippen molar-refractivity contribution in [3.8, 4) is 5.75 Å². The maximum Gasteiger partial charge on any atom is 0.127 e. The second kappa shape index (κ2) is 6.55. The molecular formula is C16H21NO2. The summed E-state index contributed by atoms with van der Waals surface area (Å²) in [7, 11) is 0. The van der Waals surface area contributed by atoms with Crippen LogP contribution in [0.2, 0.25) is 0 Å². The summed E-state index contributed by atoms with van der Waals surface area (Å²) in [5.41, 5.74) is 0. The van der Waals surface area contributed by atoms with Gasteiger partial charge in [0.25, 0.3) is 0 Å². The van der Waals surface area contributed by atoms with Gasteiger partial charge in [0.1, 0.15) is 18.4 Å². The summed E-state index contributed by atoms with van der Waals surface area (Å²) in [5.74, 6) is 0.382. The summed E-state index contributed by atoms with van der Waals surface area (Å²) in [6.45, 7) is 0.915. The Kier molecular flexibility index (Phi) is 3.53. The van der Waals surface area contributed by atoms with E-state index in [2.05, 4.69) is 5.32 Å². The van der Waals surface area contributed by atoms with Crippen LogP contribution in [0.25, 0.3) is 10.8 Å². The Hall–Kier alpha value is -1.58. The van der Waals surface area contributed by atoms with Crippen molar-refractivity contribution in [3.63, 3.8) is 0 Å². The van der Waals surface area contributed by atoms with E-state index in [1.165, 1.54) is 0 Å². The molecule has 19 heavy (non-hydrogen) atoms.